The number of hydrogen-bond acceptors (Lipinski definition) is 3. The summed E-state index contributed by atoms with van der Waals surface area (Å²) in [5, 5.41) is 0. The van der Waals surface area contributed by atoms with Crippen LogP contribution < -0.4 is 5.73 Å². The summed E-state index contributed by atoms with van der Waals surface area (Å²) >= 11 is 0. The summed E-state index contributed by atoms with van der Waals surface area (Å²) in [6.07, 6.45) is 2.75. The lowest BCUT2D eigenvalue weighted by Gasteiger charge is -2.00. The number of oxazole rings is 1. The van der Waals surface area contributed by atoms with Crippen LogP contribution in [0, 0.1) is 0 Å². The van der Waals surface area contributed by atoms with Crippen molar-refractivity contribution < 1.29 is 4.42 Å². The predicted octanol–water partition coefficient (Wildman–Crippen LogP) is 2.25. The first kappa shape index (κ1) is 11.2. The van der Waals surface area contributed by atoms with E-state index in [1.54, 1.807) is 0 Å². The Morgan fingerprint density at radius 1 is 1.43 bits per heavy atom. The van der Waals surface area contributed by atoms with E-state index in [2.05, 4.69) is 25.8 Å². The molecule has 0 amide bonds. The molecule has 1 heterocycles. The molecule has 0 aliphatic carbocycles. The Kier molecular flexibility index (Phi) is 4.14. The molecule has 80 valence electrons. The number of rotatable bonds is 5. The van der Waals surface area contributed by atoms with Gasteiger partial charge in [-0.15, -0.1) is 0 Å². The standard InChI is InChI=1S/C11H20N2O/c1-4-9-11(8(2)3)14-10(13-9)6-5-7-12/h8H,4-7,12H2,1-3H3. The Balaban J connectivity index is 2.78. The van der Waals surface area contributed by atoms with Gasteiger partial charge in [0.15, 0.2) is 5.89 Å². The van der Waals surface area contributed by atoms with E-state index in [4.69, 9.17) is 10.2 Å². The summed E-state index contributed by atoms with van der Waals surface area (Å²) in [6.45, 7) is 7.07. The molecule has 2 N–H and O–H groups in total. The molecule has 3 nitrogen and oxygen atoms in total. The monoisotopic (exact) mass is 196 g/mol. The average Bonchev–Trinajstić information content (AvgIpc) is 2.57. The van der Waals surface area contributed by atoms with Gasteiger partial charge in [0, 0.05) is 12.3 Å². The maximum atomic E-state index is 5.70. The topological polar surface area (TPSA) is 52.0 Å². The van der Waals surface area contributed by atoms with Gasteiger partial charge < -0.3 is 10.2 Å². The van der Waals surface area contributed by atoms with Crippen molar-refractivity contribution in [1.82, 2.24) is 4.98 Å². The SMILES string of the molecule is CCc1nc(CCCN)oc1C(C)C. The molecule has 0 bridgehead atoms. The molecule has 0 fully saturated rings. The van der Waals surface area contributed by atoms with Gasteiger partial charge in [-0.25, -0.2) is 4.98 Å². The zero-order valence-corrected chi connectivity index (χ0v) is 9.34. The molecule has 1 aromatic rings. The first-order valence-corrected chi connectivity index (χ1v) is 5.37. The molecule has 0 aliphatic rings. The maximum absolute atomic E-state index is 5.70. The molecule has 0 atom stereocenters. The lowest BCUT2D eigenvalue weighted by molar-refractivity contribution is 0.433. The molecular weight excluding hydrogens is 176 g/mol. The minimum absolute atomic E-state index is 0.420. The third-order valence-corrected chi connectivity index (χ3v) is 2.23. The highest BCUT2D eigenvalue weighted by Crippen LogP contribution is 2.21. The molecule has 0 saturated heterocycles. The summed E-state index contributed by atoms with van der Waals surface area (Å²) < 4.78 is 5.70. The Hall–Kier alpha value is -0.830. The van der Waals surface area contributed by atoms with E-state index < -0.39 is 0 Å². The van der Waals surface area contributed by atoms with Crippen LogP contribution in [0.15, 0.2) is 4.42 Å². The normalized spacial score (nSPS) is 11.2. The number of nitrogens with zero attached hydrogens (tertiary/aromatic N) is 1. The molecule has 1 rings (SSSR count). The fourth-order valence-corrected chi connectivity index (χ4v) is 1.48. The van der Waals surface area contributed by atoms with Crippen molar-refractivity contribution in [1.29, 1.82) is 0 Å². The third-order valence-electron chi connectivity index (χ3n) is 2.23. The van der Waals surface area contributed by atoms with Crippen LogP contribution in [-0.4, -0.2) is 11.5 Å². The molecule has 0 unspecified atom stereocenters. The fourth-order valence-electron chi connectivity index (χ4n) is 1.48. The van der Waals surface area contributed by atoms with Crippen LogP contribution >= 0.6 is 0 Å². The zero-order valence-electron chi connectivity index (χ0n) is 9.34. The second kappa shape index (κ2) is 5.15. The summed E-state index contributed by atoms with van der Waals surface area (Å²) in [4.78, 5) is 4.47. The Labute approximate surface area is 85.7 Å². The molecule has 3 heteroatoms. The van der Waals surface area contributed by atoms with Crippen LogP contribution in [0.4, 0.5) is 0 Å². The van der Waals surface area contributed by atoms with Gasteiger partial charge in [-0.1, -0.05) is 20.8 Å². The quantitative estimate of drug-likeness (QED) is 0.785. The van der Waals surface area contributed by atoms with Crippen LogP contribution in [0.2, 0.25) is 0 Å². The van der Waals surface area contributed by atoms with Crippen LogP contribution in [0.5, 0.6) is 0 Å². The van der Waals surface area contributed by atoms with E-state index >= 15 is 0 Å². The second-order valence-corrected chi connectivity index (χ2v) is 3.82. The molecule has 0 spiro atoms. The minimum atomic E-state index is 0.420. The van der Waals surface area contributed by atoms with Gasteiger partial charge in [0.1, 0.15) is 5.76 Å². The van der Waals surface area contributed by atoms with Crippen molar-refractivity contribution in [3.8, 4) is 0 Å². The Morgan fingerprint density at radius 3 is 2.57 bits per heavy atom. The van der Waals surface area contributed by atoms with E-state index in [1.165, 1.54) is 0 Å². The first-order chi connectivity index (χ1) is 6.69. The summed E-state index contributed by atoms with van der Waals surface area (Å²) in [5.41, 5.74) is 6.55. The van der Waals surface area contributed by atoms with Crippen molar-refractivity contribution in [3.05, 3.63) is 17.3 Å². The summed E-state index contributed by atoms with van der Waals surface area (Å²) in [7, 11) is 0. The van der Waals surface area contributed by atoms with Gasteiger partial charge in [0.2, 0.25) is 0 Å². The summed E-state index contributed by atoms with van der Waals surface area (Å²) in [5.74, 6) is 2.31. The van der Waals surface area contributed by atoms with E-state index in [0.29, 0.717) is 12.5 Å². The maximum Gasteiger partial charge on any atom is 0.194 e. The number of aryl methyl sites for hydroxylation is 2. The van der Waals surface area contributed by atoms with Gasteiger partial charge in [0.25, 0.3) is 0 Å². The smallest absolute Gasteiger partial charge is 0.194 e. The highest BCUT2D eigenvalue weighted by molar-refractivity contribution is 5.13. The van der Waals surface area contributed by atoms with E-state index in [9.17, 15) is 0 Å². The number of aromatic nitrogens is 1. The predicted molar refractivity (Wildman–Crippen MR) is 57.3 cm³/mol. The largest absolute Gasteiger partial charge is 0.445 e. The van der Waals surface area contributed by atoms with Gasteiger partial charge >= 0.3 is 0 Å². The number of nitrogens with two attached hydrogens (primary N) is 1. The van der Waals surface area contributed by atoms with Gasteiger partial charge in [-0.05, 0) is 19.4 Å². The highest BCUT2D eigenvalue weighted by Gasteiger charge is 2.13. The first-order valence-electron chi connectivity index (χ1n) is 5.37. The minimum Gasteiger partial charge on any atom is -0.445 e. The van der Waals surface area contributed by atoms with Gasteiger partial charge in [-0.2, -0.15) is 0 Å². The van der Waals surface area contributed by atoms with E-state index in [0.717, 1.165) is 36.6 Å². The Bertz CT molecular complexity index is 279. The lowest BCUT2D eigenvalue weighted by atomic mass is 10.1. The zero-order chi connectivity index (χ0) is 10.6. The number of hydrogen-bond donors (Lipinski definition) is 1. The molecule has 0 saturated carbocycles. The van der Waals surface area contributed by atoms with Crippen molar-refractivity contribution in [2.45, 2.75) is 46.0 Å². The molecule has 0 radical (unpaired) electrons. The molecule has 0 aromatic carbocycles. The van der Waals surface area contributed by atoms with Gasteiger partial charge in [0.05, 0.1) is 5.69 Å². The molecular formula is C11H20N2O. The van der Waals surface area contributed by atoms with Crippen LogP contribution in [0.1, 0.15) is 50.5 Å². The third kappa shape index (κ3) is 2.58. The van der Waals surface area contributed by atoms with Gasteiger partial charge in [-0.3, -0.25) is 0 Å². The highest BCUT2D eigenvalue weighted by atomic mass is 16.4. The fraction of sp³-hybridized carbons (Fsp3) is 0.727. The van der Waals surface area contributed by atoms with Crippen molar-refractivity contribution in [2.24, 2.45) is 5.73 Å². The molecule has 1 aromatic heterocycles. The molecule has 14 heavy (non-hydrogen) atoms. The lowest BCUT2D eigenvalue weighted by Crippen LogP contribution is -2.00. The summed E-state index contributed by atoms with van der Waals surface area (Å²) in [6, 6.07) is 0. The Morgan fingerprint density at radius 2 is 2.14 bits per heavy atom. The van der Waals surface area contributed by atoms with E-state index in [1.807, 2.05) is 0 Å². The van der Waals surface area contributed by atoms with Crippen LogP contribution in [0.25, 0.3) is 0 Å². The average molecular weight is 196 g/mol. The van der Waals surface area contributed by atoms with Crippen LogP contribution in [0.3, 0.4) is 0 Å². The second-order valence-electron chi connectivity index (χ2n) is 3.82. The van der Waals surface area contributed by atoms with E-state index in [-0.39, 0.29) is 0 Å². The van der Waals surface area contributed by atoms with Crippen LogP contribution in [-0.2, 0) is 12.8 Å². The van der Waals surface area contributed by atoms with Crippen molar-refractivity contribution in [3.63, 3.8) is 0 Å². The van der Waals surface area contributed by atoms with Crippen molar-refractivity contribution in [2.75, 3.05) is 6.54 Å². The van der Waals surface area contributed by atoms with Crippen molar-refractivity contribution >= 4 is 0 Å². The molecule has 0 aliphatic heterocycles.